The summed E-state index contributed by atoms with van der Waals surface area (Å²) in [5, 5.41) is 4.04. The molecule has 1 aromatic carbocycles. The Labute approximate surface area is 125 Å². The van der Waals surface area contributed by atoms with Crippen LogP contribution in [0.5, 0.6) is 0 Å². The van der Waals surface area contributed by atoms with E-state index in [0.717, 1.165) is 24.3 Å². The topological polar surface area (TPSA) is 41.3 Å². The van der Waals surface area contributed by atoms with E-state index in [1.54, 1.807) is 0 Å². The van der Waals surface area contributed by atoms with Crippen molar-refractivity contribution in [1.29, 1.82) is 0 Å². The highest BCUT2D eigenvalue weighted by atomic mass is 35.5. The Kier molecular flexibility index (Phi) is 5.43. The quantitative estimate of drug-likeness (QED) is 0.820. The van der Waals surface area contributed by atoms with Crippen molar-refractivity contribution < 1.29 is 0 Å². The van der Waals surface area contributed by atoms with Crippen LogP contribution in [0.1, 0.15) is 24.8 Å². The SMILES string of the molecule is NC(=S)c1ccc(NCCN2CCCCC2)c(Cl)c1. The number of rotatable bonds is 5. The van der Waals surface area contributed by atoms with Crippen molar-refractivity contribution in [2.24, 2.45) is 5.73 Å². The van der Waals surface area contributed by atoms with Crippen LogP contribution in [0.4, 0.5) is 5.69 Å². The van der Waals surface area contributed by atoms with E-state index in [1.165, 1.54) is 32.4 Å². The average Bonchev–Trinajstić information content (AvgIpc) is 2.41. The van der Waals surface area contributed by atoms with Crippen LogP contribution in [0, 0.1) is 0 Å². The normalized spacial score (nSPS) is 16.3. The van der Waals surface area contributed by atoms with E-state index in [4.69, 9.17) is 29.6 Å². The molecule has 2 rings (SSSR count). The number of nitrogens with one attached hydrogen (secondary N) is 1. The lowest BCUT2D eigenvalue weighted by Crippen LogP contribution is -2.33. The van der Waals surface area contributed by atoms with Gasteiger partial charge >= 0.3 is 0 Å². The number of benzene rings is 1. The van der Waals surface area contributed by atoms with Crippen molar-refractivity contribution in [3.8, 4) is 0 Å². The van der Waals surface area contributed by atoms with Crippen molar-refractivity contribution >= 4 is 34.5 Å². The third-order valence-corrected chi connectivity index (χ3v) is 3.99. The Morgan fingerprint density at radius 1 is 1.32 bits per heavy atom. The Morgan fingerprint density at radius 3 is 2.68 bits per heavy atom. The number of anilines is 1. The minimum atomic E-state index is 0.377. The number of nitrogens with two attached hydrogens (primary N) is 1. The van der Waals surface area contributed by atoms with Crippen LogP contribution in [-0.2, 0) is 0 Å². The number of halogens is 1. The number of piperidine rings is 1. The molecule has 3 N–H and O–H groups in total. The van der Waals surface area contributed by atoms with Gasteiger partial charge in [-0.1, -0.05) is 30.2 Å². The number of likely N-dealkylation sites (tertiary alicyclic amines) is 1. The zero-order chi connectivity index (χ0) is 13.7. The lowest BCUT2D eigenvalue weighted by atomic mass is 10.1. The van der Waals surface area contributed by atoms with Gasteiger partial charge in [0.2, 0.25) is 0 Å². The van der Waals surface area contributed by atoms with Gasteiger partial charge in [-0.3, -0.25) is 0 Å². The van der Waals surface area contributed by atoms with E-state index < -0.39 is 0 Å². The molecule has 104 valence electrons. The van der Waals surface area contributed by atoms with Gasteiger partial charge in [0.1, 0.15) is 4.99 Å². The first-order chi connectivity index (χ1) is 9.16. The molecule has 1 aromatic rings. The maximum Gasteiger partial charge on any atom is 0.104 e. The van der Waals surface area contributed by atoms with Gasteiger partial charge in [0.25, 0.3) is 0 Å². The molecule has 19 heavy (non-hydrogen) atoms. The first-order valence-electron chi connectivity index (χ1n) is 6.72. The van der Waals surface area contributed by atoms with Gasteiger partial charge < -0.3 is 16.0 Å². The number of nitrogens with zero attached hydrogens (tertiary/aromatic N) is 1. The zero-order valence-electron chi connectivity index (χ0n) is 11.0. The molecular formula is C14H20ClN3S. The summed E-state index contributed by atoms with van der Waals surface area (Å²) in [7, 11) is 0. The van der Waals surface area contributed by atoms with Gasteiger partial charge in [0, 0.05) is 18.7 Å². The molecule has 1 saturated heterocycles. The zero-order valence-corrected chi connectivity index (χ0v) is 12.6. The minimum absolute atomic E-state index is 0.377. The minimum Gasteiger partial charge on any atom is -0.389 e. The fraction of sp³-hybridized carbons (Fsp3) is 0.500. The highest BCUT2D eigenvalue weighted by Gasteiger charge is 2.09. The molecular weight excluding hydrogens is 278 g/mol. The van der Waals surface area contributed by atoms with E-state index in [1.807, 2.05) is 18.2 Å². The molecule has 3 nitrogen and oxygen atoms in total. The second-order valence-electron chi connectivity index (χ2n) is 4.89. The highest BCUT2D eigenvalue weighted by Crippen LogP contribution is 2.22. The van der Waals surface area contributed by atoms with Crippen LogP contribution in [-0.4, -0.2) is 36.1 Å². The maximum absolute atomic E-state index is 6.20. The molecule has 1 aliphatic rings. The van der Waals surface area contributed by atoms with Crippen molar-refractivity contribution in [3.63, 3.8) is 0 Å². The average molecular weight is 298 g/mol. The van der Waals surface area contributed by atoms with Gasteiger partial charge in [0.15, 0.2) is 0 Å². The lowest BCUT2D eigenvalue weighted by molar-refractivity contribution is 0.237. The molecule has 0 spiro atoms. The summed E-state index contributed by atoms with van der Waals surface area (Å²) in [4.78, 5) is 2.87. The number of thiocarbonyl (C=S) groups is 1. The van der Waals surface area contributed by atoms with Crippen molar-refractivity contribution in [2.75, 3.05) is 31.5 Å². The molecule has 5 heteroatoms. The summed E-state index contributed by atoms with van der Waals surface area (Å²) >= 11 is 11.1. The molecule has 1 heterocycles. The van der Waals surface area contributed by atoms with Crippen LogP contribution in [0.15, 0.2) is 18.2 Å². The van der Waals surface area contributed by atoms with E-state index >= 15 is 0 Å². The first-order valence-corrected chi connectivity index (χ1v) is 7.51. The van der Waals surface area contributed by atoms with Crippen molar-refractivity contribution in [1.82, 2.24) is 4.90 Å². The summed E-state index contributed by atoms with van der Waals surface area (Å²) in [6, 6.07) is 5.65. The Morgan fingerprint density at radius 2 is 2.05 bits per heavy atom. The monoisotopic (exact) mass is 297 g/mol. The summed E-state index contributed by atoms with van der Waals surface area (Å²) < 4.78 is 0. The molecule has 0 radical (unpaired) electrons. The van der Waals surface area contributed by atoms with Crippen molar-refractivity contribution in [2.45, 2.75) is 19.3 Å². The maximum atomic E-state index is 6.20. The molecule has 0 aliphatic carbocycles. The summed E-state index contributed by atoms with van der Waals surface area (Å²) in [5.74, 6) is 0. The fourth-order valence-corrected chi connectivity index (χ4v) is 2.72. The molecule has 1 aliphatic heterocycles. The van der Waals surface area contributed by atoms with Crippen LogP contribution in [0.25, 0.3) is 0 Å². The molecule has 1 fully saturated rings. The third kappa shape index (κ3) is 4.34. The van der Waals surface area contributed by atoms with E-state index in [9.17, 15) is 0 Å². The molecule has 0 unspecified atom stereocenters. The van der Waals surface area contributed by atoms with Crippen LogP contribution >= 0.6 is 23.8 Å². The van der Waals surface area contributed by atoms with E-state index in [2.05, 4.69) is 10.2 Å². The predicted molar refractivity (Wildman–Crippen MR) is 86.1 cm³/mol. The molecule has 0 atom stereocenters. The third-order valence-electron chi connectivity index (χ3n) is 3.45. The second-order valence-corrected chi connectivity index (χ2v) is 5.73. The smallest absolute Gasteiger partial charge is 0.104 e. The van der Waals surface area contributed by atoms with E-state index in [-0.39, 0.29) is 0 Å². The van der Waals surface area contributed by atoms with Gasteiger partial charge in [-0.2, -0.15) is 0 Å². The Bertz CT molecular complexity index is 444. The first kappa shape index (κ1) is 14.6. The van der Waals surface area contributed by atoms with E-state index in [0.29, 0.717) is 10.0 Å². The fourth-order valence-electron chi connectivity index (χ4n) is 2.34. The van der Waals surface area contributed by atoms with Gasteiger partial charge in [-0.25, -0.2) is 0 Å². The number of hydrogen-bond acceptors (Lipinski definition) is 3. The Hall–Kier alpha value is -0.840. The highest BCUT2D eigenvalue weighted by molar-refractivity contribution is 7.80. The molecule has 0 amide bonds. The van der Waals surface area contributed by atoms with Crippen LogP contribution in [0.3, 0.4) is 0 Å². The second kappa shape index (κ2) is 7.08. The largest absolute Gasteiger partial charge is 0.389 e. The summed E-state index contributed by atoms with van der Waals surface area (Å²) in [6.45, 7) is 4.41. The molecule has 0 saturated carbocycles. The number of hydrogen-bond donors (Lipinski definition) is 2. The van der Waals surface area contributed by atoms with Crippen molar-refractivity contribution in [3.05, 3.63) is 28.8 Å². The predicted octanol–water partition coefficient (Wildman–Crippen LogP) is 2.87. The van der Waals surface area contributed by atoms with Crippen LogP contribution < -0.4 is 11.1 Å². The molecule has 0 bridgehead atoms. The standard InChI is InChI=1S/C14H20ClN3S/c15-12-10-11(14(16)19)4-5-13(12)17-6-9-18-7-2-1-3-8-18/h4-5,10,17H,1-3,6-9H2,(H2,16,19). The van der Waals surface area contributed by atoms with Gasteiger partial charge in [-0.05, 0) is 44.1 Å². The lowest BCUT2D eigenvalue weighted by Gasteiger charge is -2.26. The summed E-state index contributed by atoms with van der Waals surface area (Å²) in [6.07, 6.45) is 4.02. The van der Waals surface area contributed by atoms with Gasteiger partial charge in [-0.15, -0.1) is 0 Å². The van der Waals surface area contributed by atoms with Crippen LogP contribution in [0.2, 0.25) is 5.02 Å². The molecule has 0 aromatic heterocycles. The Balaban J connectivity index is 1.83. The summed E-state index contributed by atoms with van der Waals surface area (Å²) in [5.41, 5.74) is 7.33. The van der Waals surface area contributed by atoms with Gasteiger partial charge in [0.05, 0.1) is 10.7 Å².